The highest BCUT2D eigenvalue weighted by Gasteiger charge is 2.22. The standard InChI is InChI=1S/C16H23N3/c1-2-3-10-19-11-4-5-13(12-19)14-6-8-17-16-15(14)7-9-18-16/h6-9,13H,2-5,10-12H2,1H3,(H,17,18). The fraction of sp³-hybridized carbons (Fsp3) is 0.562. The third-order valence-electron chi connectivity index (χ3n) is 4.27. The highest BCUT2D eigenvalue weighted by Crippen LogP contribution is 2.31. The zero-order chi connectivity index (χ0) is 13.1. The average Bonchev–Trinajstić information content (AvgIpc) is 2.93. The summed E-state index contributed by atoms with van der Waals surface area (Å²) < 4.78 is 0. The molecular weight excluding hydrogens is 234 g/mol. The van der Waals surface area contributed by atoms with E-state index in [1.54, 1.807) is 0 Å². The van der Waals surface area contributed by atoms with Crippen molar-refractivity contribution in [2.75, 3.05) is 19.6 Å². The molecule has 1 unspecified atom stereocenters. The zero-order valence-electron chi connectivity index (χ0n) is 11.7. The molecule has 3 nitrogen and oxygen atoms in total. The first-order valence-corrected chi connectivity index (χ1v) is 7.53. The van der Waals surface area contributed by atoms with Crippen LogP contribution in [0.2, 0.25) is 0 Å². The number of unbranched alkanes of at least 4 members (excludes halogenated alkanes) is 1. The molecule has 0 bridgehead atoms. The van der Waals surface area contributed by atoms with E-state index in [9.17, 15) is 0 Å². The van der Waals surface area contributed by atoms with E-state index in [1.165, 1.54) is 56.3 Å². The molecule has 2 aromatic rings. The molecule has 1 saturated heterocycles. The van der Waals surface area contributed by atoms with E-state index in [2.05, 4.69) is 33.9 Å². The van der Waals surface area contributed by atoms with Crippen LogP contribution >= 0.6 is 0 Å². The van der Waals surface area contributed by atoms with Crippen molar-refractivity contribution >= 4 is 11.0 Å². The van der Waals surface area contributed by atoms with Crippen LogP contribution in [0.3, 0.4) is 0 Å². The van der Waals surface area contributed by atoms with Gasteiger partial charge in [-0.2, -0.15) is 0 Å². The molecule has 0 radical (unpaired) electrons. The highest BCUT2D eigenvalue weighted by atomic mass is 15.1. The predicted molar refractivity (Wildman–Crippen MR) is 79.4 cm³/mol. The zero-order valence-corrected chi connectivity index (χ0v) is 11.7. The molecule has 1 aliphatic rings. The van der Waals surface area contributed by atoms with Crippen LogP contribution in [0.4, 0.5) is 0 Å². The van der Waals surface area contributed by atoms with Crippen molar-refractivity contribution in [3.63, 3.8) is 0 Å². The van der Waals surface area contributed by atoms with Crippen LogP contribution in [0.25, 0.3) is 11.0 Å². The number of nitrogens with zero attached hydrogens (tertiary/aromatic N) is 2. The second-order valence-corrected chi connectivity index (χ2v) is 5.63. The maximum Gasteiger partial charge on any atom is 0.137 e. The van der Waals surface area contributed by atoms with Gasteiger partial charge in [-0.3, -0.25) is 0 Å². The van der Waals surface area contributed by atoms with Crippen molar-refractivity contribution in [1.29, 1.82) is 0 Å². The molecule has 1 N–H and O–H groups in total. The highest BCUT2D eigenvalue weighted by molar-refractivity contribution is 5.79. The number of rotatable bonds is 4. The van der Waals surface area contributed by atoms with Gasteiger partial charge in [-0.25, -0.2) is 4.98 Å². The van der Waals surface area contributed by atoms with Gasteiger partial charge in [0.05, 0.1) is 0 Å². The van der Waals surface area contributed by atoms with Crippen LogP contribution in [0.1, 0.15) is 44.1 Å². The van der Waals surface area contributed by atoms with Crippen LogP contribution < -0.4 is 0 Å². The maximum atomic E-state index is 4.40. The second-order valence-electron chi connectivity index (χ2n) is 5.63. The van der Waals surface area contributed by atoms with Gasteiger partial charge >= 0.3 is 0 Å². The SMILES string of the molecule is CCCCN1CCCC(c2ccnc3[nH]ccc23)C1. The number of hydrogen-bond donors (Lipinski definition) is 1. The maximum absolute atomic E-state index is 4.40. The minimum Gasteiger partial charge on any atom is -0.346 e. The molecule has 0 aromatic carbocycles. The molecule has 1 aliphatic heterocycles. The largest absolute Gasteiger partial charge is 0.346 e. The van der Waals surface area contributed by atoms with E-state index in [0.29, 0.717) is 5.92 Å². The number of piperidine rings is 1. The fourth-order valence-corrected chi connectivity index (χ4v) is 3.23. The molecule has 1 fully saturated rings. The molecule has 102 valence electrons. The Hall–Kier alpha value is -1.35. The number of aromatic nitrogens is 2. The van der Waals surface area contributed by atoms with E-state index >= 15 is 0 Å². The van der Waals surface area contributed by atoms with Crippen LogP contribution in [-0.2, 0) is 0 Å². The molecule has 3 heteroatoms. The molecule has 2 aromatic heterocycles. The summed E-state index contributed by atoms with van der Waals surface area (Å²) in [5.41, 5.74) is 2.51. The summed E-state index contributed by atoms with van der Waals surface area (Å²) in [6.45, 7) is 6.02. The van der Waals surface area contributed by atoms with Crippen molar-refractivity contribution in [3.05, 3.63) is 30.1 Å². The smallest absolute Gasteiger partial charge is 0.137 e. The van der Waals surface area contributed by atoms with Gasteiger partial charge in [-0.05, 0) is 56.0 Å². The molecular formula is C16H23N3. The third kappa shape index (κ3) is 2.66. The minimum absolute atomic E-state index is 0.673. The molecule has 3 heterocycles. The fourth-order valence-electron chi connectivity index (χ4n) is 3.23. The predicted octanol–water partition coefficient (Wildman–Crippen LogP) is 3.54. The van der Waals surface area contributed by atoms with Crippen LogP contribution in [-0.4, -0.2) is 34.5 Å². The van der Waals surface area contributed by atoms with Gasteiger partial charge in [0.15, 0.2) is 0 Å². The van der Waals surface area contributed by atoms with Crippen molar-refractivity contribution in [2.24, 2.45) is 0 Å². The molecule has 3 rings (SSSR count). The molecule has 0 saturated carbocycles. The van der Waals surface area contributed by atoms with Crippen LogP contribution in [0.5, 0.6) is 0 Å². The molecule has 19 heavy (non-hydrogen) atoms. The summed E-state index contributed by atoms with van der Waals surface area (Å²) in [4.78, 5) is 10.3. The lowest BCUT2D eigenvalue weighted by Gasteiger charge is -2.33. The Morgan fingerprint density at radius 2 is 2.37 bits per heavy atom. The third-order valence-corrected chi connectivity index (χ3v) is 4.27. The number of fused-ring (bicyclic) bond motifs is 1. The first kappa shape index (κ1) is 12.7. The lowest BCUT2D eigenvalue weighted by Crippen LogP contribution is -2.35. The van der Waals surface area contributed by atoms with Gasteiger partial charge in [0.1, 0.15) is 5.65 Å². The van der Waals surface area contributed by atoms with Crippen molar-refractivity contribution in [1.82, 2.24) is 14.9 Å². The van der Waals surface area contributed by atoms with Gasteiger partial charge in [0, 0.05) is 24.3 Å². The monoisotopic (exact) mass is 257 g/mol. The molecule has 0 amide bonds. The minimum atomic E-state index is 0.673. The van der Waals surface area contributed by atoms with E-state index < -0.39 is 0 Å². The van der Waals surface area contributed by atoms with E-state index in [4.69, 9.17) is 0 Å². The Morgan fingerprint density at radius 1 is 1.42 bits per heavy atom. The van der Waals surface area contributed by atoms with Crippen LogP contribution in [0, 0.1) is 0 Å². The topological polar surface area (TPSA) is 31.9 Å². The van der Waals surface area contributed by atoms with E-state index in [-0.39, 0.29) is 0 Å². The molecule has 0 aliphatic carbocycles. The van der Waals surface area contributed by atoms with Gasteiger partial charge in [-0.15, -0.1) is 0 Å². The average molecular weight is 257 g/mol. The van der Waals surface area contributed by atoms with Gasteiger partial charge in [0.25, 0.3) is 0 Å². The van der Waals surface area contributed by atoms with E-state index in [1.807, 2.05) is 12.4 Å². The van der Waals surface area contributed by atoms with Crippen molar-refractivity contribution < 1.29 is 0 Å². The molecule has 1 atom stereocenters. The summed E-state index contributed by atoms with van der Waals surface area (Å²) in [7, 11) is 0. The second kappa shape index (κ2) is 5.74. The summed E-state index contributed by atoms with van der Waals surface area (Å²) in [6, 6.07) is 4.38. The number of pyridine rings is 1. The Balaban J connectivity index is 1.79. The first-order valence-electron chi connectivity index (χ1n) is 7.53. The van der Waals surface area contributed by atoms with Gasteiger partial charge in [-0.1, -0.05) is 13.3 Å². The lowest BCUT2D eigenvalue weighted by molar-refractivity contribution is 0.206. The van der Waals surface area contributed by atoms with Crippen molar-refractivity contribution in [2.45, 2.75) is 38.5 Å². The number of likely N-dealkylation sites (tertiary alicyclic amines) is 1. The van der Waals surface area contributed by atoms with E-state index in [0.717, 1.165) is 5.65 Å². The van der Waals surface area contributed by atoms with Gasteiger partial charge in [0.2, 0.25) is 0 Å². The summed E-state index contributed by atoms with van der Waals surface area (Å²) in [5, 5.41) is 1.31. The Morgan fingerprint density at radius 3 is 3.26 bits per heavy atom. The summed E-state index contributed by atoms with van der Waals surface area (Å²) in [5.74, 6) is 0.673. The number of H-pyrrole nitrogens is 1. The quantitative estimate of drug-likeness (QED) is 0.908. The number of nitrogens with one attached hydrogen (secondary N) is 1. The van der Waals surface area contributed by atoms with Gasteiger partial charge < -0.3 is 9.88 Å². The summed E-state index contributed by atoms with van der Waals surface area (Å²) in [6.07, 6.45) is 9.19. The molecule has 0 spiro atoms. The lowest BCUT2D eigenvalue weighted by atomic mass is 9.89. The normalized spacial score (nSPS) is 21.0. The Bertz CT molecular complexity index is 532. The number of hydrogen-bond acceptors (Lipinski definition) is 2. The Kier molecular flexibility index (Phi) is 3.83. The van der Waals surface area contributed by atoms with Crippen molar-refractivity contribution in [3.8, 4) is 0 Å². The Labute approximate surface area is 115 Å². The summed E-state index contributed by atoms with van der Waals surface area (Å²) >= 11 is 0. The first-order chi connectivity index (χ1) is 9.38. The number of aromatic amines is 1. The van der Waals surface area contributed by atoms with Crippen LogP contribution in [0.15, 0.2) is 24.5 Å².